The summed E-state index contributed by atoms with van der Waals surface area (Å²) in [7, 11) is 0. The van der Waals surface area contributed by atoms with Gasteiger partial charge in [0.1, 0.15) is 0 Å². The topological polar surface area (TPSA) is 68.5 Å². The van der Waals surface area contributed by atoms with Gasteiger partial charge in [-0.05, 0) is 37.6 Å². The van der Waals surface area contributed by atoms with E-state index in [1.807, 2.05) is 24.3 Å². The molecule has 236 valence electrons. The molecule has 0 saturated carbocycles. The number of thiazole rings is 1. The molecular weight excluding hydrogens is 624 g/mol. The molecule has 0 fully saturated rings. The number of nitrogens with one attached hydrogen (secondary N) is 1. The summed E-state index contributed by atoms with van der Waals surface area (Å²) < 4.78 is 14.1. The molecule has 0 aliphatic carbocycles. The first-order valence-corrected chi connectivity index (χ1v) is 16.6. The summed E-state index contributed by atoms with van der Waals surface area (Å²) in [4.78, 5) is 24.9. The molecule has 3 rings (SSSR count). The van der Waals surface area contributed by atoms with Crippen molar-refractivity contribution in [1.29, 1.82) is 0 Å². The Kier molecular flexibility index (Phi) is 17.9. The fraction of sp³-hybridized carbons (Fsp3) is 0.514. The van der Waals surface area contributed by atoms with Gasteiger partial charge in [-0.1, -0.05) is 107 Å². The molecule has 0 bridgehead atoms. The molecular formula is C35H49BrN2O4S. The predicted octanol–water partition coefficient (Wildman–Crippen LogP) is 5.70. The van der Waals surface area contributed by atoms with Gasteiger partial charge < -0.3 is 31.8 Å². The fourth-order valence-corrected chi connectivity index (χ4v) is 5.61. The molecule has 6 nitrogen and oxygen atoms in total. The molecule has 1 aromatic heterocycles. The van der Waals surface area contributed by atoms with Gasteiger partial charge in [-0.2, -0.15) is 4.57 Å². The van der Waals surface area contributed by atoms with Crippen LogP contribution >= 0.6 is 11.3 Å². The first kappa shape index (κ1) is 36.5. The summed E-state index contributed by atoms with van der Waals surface area (Å²) in [6.45, 7) is 7.00. The van der Waals surface area contributed by atoms with E-state index in [0.29, 0.717) is 29.4 Å². The summed E-state index contributed by atoms with van der Waals surface area (Å²) in [6, 6.07) is 13.1. The number of ether oxygens (including phenoxy) is 2. The van der Waals surface area contributed by atoms with Crippen molar-refractivity contribution in [2.75, 3.05) is 18.5 Å². The lowest BCUT2D eigenvalue weighted by molar-refractivity contribution is -0.689. The Morgan fingerprint density at radius 1 is 0.837 bits per heavy atom. The highest BCUT2D eigenvalue weighted by molar-refractivity contribution is 7.09. The second-order valence-electron chi connectivity index (χ2n) is 11.0. The Balaban J connectivity index is 0.00000645. The van der Waals surface area contributed by atoms with E-state index in [0.717, 1.165) is 24.9 Å². The number of carbonyl (C=O) groups is 2. The van der Waals surface area contributed by atoms with E-state index in [2.05, 4.69) is 35.3 Å². The number of anilines is 1. The van der Waals surface area contributed by atoms with E-state index in [1.165, 1.54) is 76.1 Å². The molecule has 0 aliphatic heterocycles. The normalized spacial score (nSPS) is 10.7. The van der Waals surface area contributed by atoms with Gasteiger partial charge in [-0.3, -0.25) is 9.59 Å². The molecule has 1 amide bonds. The van der Waals surface area contributed by atoms with Crippen LogP contribution in [0.2, 0.25) is 0 Å². The second-order valence-corrected chi connectivity index (χ2v) is 12.1. The minimum atomic E-state index is -0.272. The molecule has 0 unspecified atom stereocenters. The van der Waals surface area contributed by atoms with E-state index in [9.17, 15) is 9.59 Å². The molecule has 0 saturated heterocycles. The van der Waals surface area contributed by atoms with E-state index in [-0.39, 0.29) is 35.3 Å². The predicted molar refractivity (Wildman–Crippen MR) is 172 cm³/mol. The minimum Gasteiger partial charge on any atom is -1.00 e. The van der Waals surface area contributed by atoms with E-state index in [4.69, 9.17) is 9.47 Å². The van der Waals surface area contributed by atoms with Crippen molar-refractivity contribution in [3.8, 4) is 11.5 Å². The molecule has 43 heavy (non-hydrogen) atoms. The summed E-state index contributed by atoms with van der Waals surface area (Å²) in [5.41, 5.74) is 2.34. The summed E-state index contributed by atoms with van der Waals surface area (Å²) in [6.07, 6.45) is 17.4. The number of para-hydroxylation sites is 1. The molecule has 0 aliphatic rings. The van der Waals surface area contributed by atoms with Crippen LogP contribution in [0.1, 0.15) is 112 Å². The third-order valence-corrected chi connectivity index (χ3v) is 8.27. The number of carbonyl (C=O) groups excluding carboxylic acids is 2. The lowest BCUT2D eigenvalue weighted by atomic mass is 10.1. The third-order valence-electron chi connectivity index (χ3n) is 7.44. The Morgan fingerprint density at radius 2 is 1.47 bits per heavy atom. The number of aromatic nitrogens is 1. The number of ketones is 1. The smallest absolute Gasteiger partial charge is 0.262 e. The summed E-state index contributed by atoms with van der Waals surface area (Å²) in [5, 5.41) is 6.21. The highest BCUT2D eigenvalue weighted by Gasteiger charge is 2.16. The van der Waals surface area contributed by atoms with Crippen molar-refractivity contribution in [3.63, 3.8) is 0 Å². The summed E-state index contributed by atoms with van der Waals surface area (Å²) >= 11 is 1.72. The van der Waals surface area contributed by atoms with E-state index >= 15 is 0 Å². The van der Waals surface area contributed by atoms with Crippen molar-refractivity contribution >= 4 is 28.7 Å². The van der Waals surface area contributed by atoms with Crippen molar-refractivity contribution in [3.05, 3.63) is 70.2 Å². The Bertz CT molecular complexity index is 1230. The fourth-order valence-electron chi connectivity index (χ4n) is 4.94. The van der Waals surface area contributed by atoms with Crippen LogP contribution < -0.4 is 36.3 Å². The number of hydrogen-bond donors (Lipinski definition) is 1. The van der Waals surface area contributed by atoms with Gasteiger partial charge in [0, 0.05) is 18.2 Å². The number of halogens is 1. The van der Waals surface area contributed by atoms with Crippen LogP contribution in [0.15, 0.2) is 54.0 Å². The number of benzene rings is 2. The van der Waals surface area contributed by atoms with Gasteiger partial charge in [0.05, 0.1) is 17.6 Å². The number of unbranched alkanes of at least 4 members (excludes halogenated alkanes) is 11. The highest BCUT2D eigenvalue weighted by atomic mass is 79.9. The van der Waals surface area contributed by atoms with Gasteiger partial charge >= 0.3 is 0 Å². The quantitative estimate of drug-likeness (QED) is 0.0896. The highest BCUT2D eigenvalue weighted by Crippen LogP contribution is 2.32. The molecule has 0 spiro atoms. The molecule has 1 N–H and O–H groups in total. The van der Waals surface area contributed by atoms with Crippen LogP contribution in [-0.4, -0.2) is 24.9 Å². The van der Waals surface area contributed by atoms with Gasteiger partial charge in [-0.25, -0.2) is 0 Å². The van der Waals surface area contributed by atoms with Crippen molar-refractivity contribution in [1.82, 2.24) is 0 Å². The number of aryl methyl sites for hydroxylation is 1. The molecule has 8 heteroatoms. The van der Waals surface area contributed by atoms with E-state index < -0.39 is 0 Å². The van der Waals surface area contributed by atoms with Gasteiger partial charge in [0.15, 0.2) is 36.6 Å². The largest absolute Gasteiger partial charge is 1.00 e. The van der Waals surface area contributed by atoms with Crippen molar-refractivity contribution < 1.29 is 40.6 Å². The van der Waals surface area contributed by atoms with Crippen LogP contribution in [0.5, 0.6) is 11.5 Å². The third kappa shape index (κ3) is 13.6. The average molecular weight is 674 g/mol. The Labute approximate surface area is 273 Å². The second kappa shape index (κ2) is 21.1. The molecule has 2 aromatic carbocycles. The van der Waals surface area contributed by atoms with Gasteiger partial charge in [0.25, 0.3) is 5.91 Å². The lowest BCUT2D eigenvalue weighted by Gasteiger charge is -2.15. The SMILES string of the molecule is CCCCCCCCCCCCCCOc1c(OCC(=O)Nc2ccc(C[n+]3ccsc3C)cc2)cccc1C(C)=O.[Br-]. The molecule has 0 atom stereocenters. The van der Waals surface area contributed by atoms with Gasteiger partial charge in [0.2, 0.25) is 5.01 Å². The number of Topliss-reactive ketones (excluding diaryl/α,β-unsaturated/α-hetero) is 1. The van der Waals surface area contributed by atoms with Crippen molar-refractivity contribution in [2.45, 2.75) is 104 Å². The Morgan fingerprint density at radius 3 is 2.05 bits per heavy atom. The first-order valence-electron chi connectivity index (χ1n) is 15.7. The zero-order valence-corrected chi connectivity index (χ0v) is 28.6. The van der Waals surface area contributed by atoms with Crippen LogP contribution in [0.3, 0.4) is 0 Å². The minimum absolute atomic E-state index is 0. The molecule has 1 heterocycles. The molecule has 3 aromatic rings. The maximum Gasteiger partial charge on any atom is 0.262 e. The number of hydrogen-bond acceptors (Lipinski definition) is 5. The molecule has 0 radical (unpaired) electrons. The lowest BCUT2D eigenvalue weighted by Crippen LogP contribution is -3.00. The monoisotopic (exact) mass is 672 g/mol. The van der Waals surface area contributed by atoms with Crippen molar-refractivity contribution in [2.24, 2.45) is 0 Å². The van der Waals surface area contributed by atoms with Gasteiger partial charge in [-0.15, -0.1) is 0 Å². The maximum atomic E-state index is 12.6. The van der Waals surface area contributed by atoms with Crippen LogP contribution in [0.25, 0.3) is 0 Å². The number of nitrogens with zero attached hydrogens (tertiary/aromatic N) is 1. The van der Waals surface area contributed by atoms with E-state index in [1.54, 1.807) is 29.5 Å². The van der Waals surface area contributed by atoms with Crippen LogP contribution in [0, 0.1) is 6.92 Å². The zero-order valence-electron chi connectivity index (χ0n) is 26.2. The van der Waals surface area contributed by atoms with Crippen LogP contribution in [-0.2, 0) is 11.3 Å². The number of amides is 1. The summed E-state index contributed by atoms with van der Waals surface area (Å²) in [5.74, 6) is 0.471. The first-order chi connectivity index (χ1) is 20.5. The standard InChI is InChI=1S/C35H48N2O4S.BrH/c1-4-5-6-7-8-9-10-11-12-13-14-15-24-40-35-32(28(2)38)17-16-18-33(35)41-27-34(39)36-31-21-19-30(20-22-31)26-37-23-25-42-29(37)3;/h16-23,25H,4-15,24,26-27H2,1-3H3;1H. The zero-order chi connectivity index (χ0) is 30.0. The van der Waals surface area contributed by atoms with Crippen LogP contribution in [0.4, 0.5) is 5.69 Å². The maximum absolute atomic E-state index is 12.6. The number of rotatable bonds is 21. The Hall–Kier alpha value is -2.71. The average Bonchev–Trinajstić information content (AvgIpc) is 3.39.